The van der Waals surface area contributed by atoms with Crippen LogP contribution in [0.1, 0.15) is 42.1 Å². The lowest BCUT2D eigenvalue weighted by atomic mass is 9.93. The number of anilines is 1. The number of hydrogen-bond donors (Lipinski definition) is 1. The zero-order valence-corrected chi connectivity index (χ0v) is 21.8. The Labute approximate surface area is 221 Å². The predicted molar refractivity (Wildman–Crippen MR) is 142 cm³/mol. The molecule has 194 valence electrons. The van der Waals surface area contributed by atoms with Crippen LogP contribution in [0.3, 0.4) is 0 Å². The number of carbonyl (C=O) groups is 2. The van der Waals surface area contributed by atoms with Gasteiger partial charge in [-0.3, -0.25) is 14.5 Å². The third-order valence-corrected chi connectivity index (χ3v) is 6.26. The number of methoxy groups -OCH3 is 2. The number of rotatable bonds is 7. The number of nitriles is 1. The van der Waals surface area contributed by atoms with Crippen molar-refractivity contribution in [2.75, 3.05) is 19.1 Å². The summed E-state index contributed by atoms with van der Waals surface area (Å²) in [6.45, 7) is 5.67. The number of aryl methyl sites for hydroxylation is 1. The average molecular weight is 513 g/mol. The van der Waals surface area contributed by atoms with E-state index >= 15 is 0 Å². The Bertz CT molecular complexity index is 1470. The highest BCUT2D eigenvalue weighted by Crippen LogP contribution is 2.47. The molecule has 1 N–H and O–H groups in total. The summed E-state index contributed by atoms with van der Waals surface area (Å²) in [5.74, 6) is -0.608. The molecular formula is C30H28N2O6. The van der Waals surface area contributed by atoms with Crippen molar-refractivity contribution in [1.29, 1.82) is 5.26 Å². The van der Waals surface area contributed by atoms with E-state index in [2.05, 4.69) is 0 Å². The van der Waals surface area contributed by atoms with Crippen LogP contribution in [-0.4, -0.2) is 37.1 Å². The lowest BCUT2D eigenvalue weighted by molar-refractivity contribution is -0.132. The molecule has 38 heavy (non-hydrogen) atoms. The Hall–Kier alpha value is -4.77. The maximum absolute atomic E-state index is 13.5. The minimum Gasteiger partial charge on any atom is -0.507 e. The van der Waals surface area contributed by atoms with Crippen molar-refractivity contribution in [3.63, 3.8) is 0 Å². The van der Waals surface area contributed by atoms with Crippen molar-refractivity contribution in [2.24, 2.45) is 0 Å². The molecule has 1 amide bonds. The Balaban J connectivity index is 1.96. The molecule has 1 aliphatic rings. The lowest BCUT2D eigenvalue weighted by Crippen LogP contribution is -2.29. The minimum atomic E-state index is -1.03. The van der Waals surface area contributed by atoms with Crippen LogP contribution >= 0.6 is 0 Å². The van der Waals surface area contributed by atoms with Gasteiger partial charge in [-0.25, -0.2) is 0 Å². The van der Waals surface area contributed by atoms with Crippen LogP contribution in [0.2, 0.25) is 0 Å². The molecule has 8 heteroatoms. The zero-order valence-electron chi connectivity index (χ0n) is 21.8. The molecule has 0 radical (unpaired) electrons. The fourth-order valence-electron chi connectivity index (χ4n) is 4.56. The maximum Gasteiger partial charge on any atom is 0.300 e. The van der Waals surface area contributed by atoms with Crippen LogP contribution in [0.25, 0.3) is 5.76 Å². The number of nitrogens with zero attached hydrogens (tertiary/aromatic N) is 2. The second-order valence-electron chi connectivity index (χ2n) is 9.06. The first kappa shape index (κ1) is 26.3. The van der Waals surface area contributed by atoms with Crippen LogP contribution in [0, 0.1) is 18.3 Å². The summed E-state index contributed by atoms with van der Waals surface area (Å²) in [5, 5.41) is 20.7. The third kappa shape index (κ3) is 4.66. The number of para-hydroxylation sites is 1. The van der Waals surface area contributed by atoms with Crippen LogP contribution < -0.4 is 19.1 Å². The van der Waals surface area contributed by atoms with Crippen molar-refractivity contribution in [2.45, 2.75) is 32.9 Å². The van der Waals surface area contributed by atoms with Crippen LogP contribution in [-0.2, 0) is 9.59 Å². The van der Waals surface area contributed by atoms with Gasteiger partial charge in [0.2, 0.25) is 0 Å². The van der Waals surface area contributed by atoms with Gasteiger partial charge in [-0.05, 0) is 74.9 Å². The maximum atomic E-state index is 13.5. The Kier molecular flexibility index (Phi) is 7.40. The number of aliphatic hydroxyl groups excluding tert-OH is 1. The normalized spacial score (nSPS) is 16.4. The van der Waals surface area contributed by atoms with Crippen molar-refractivity contribution in [3.05, 3.63) is 88.5 Å². The molecule has 1 unspecified atom stereocenters. The van der Waals surface area contributed by atoms with E-state index in [9.17, 15) is 20.0 Å². The van der Waals surface area contributed by atoms with E-state index in [1.807, 2.05) is 26.8 Å². The van der Waals surface area contributed by atoms with Gasteiger partial charge in [0.05, 0.1) is 43.6 Å². The first-order valence-corrected chi connectivity index (χ1v) is 12.0. The number of ether oxygens (including phenoxy) is 3. The molecule has 0 bridgehead atoms. The Morgan fingerprint density at radius 2 is 1.71 bits per heavy atom. The Morgan fingerprint density at radius 1 is 1.00 bits per heavy atom. The molecule has 0 spiro atoms. The fourth-order valence-corrected chi connectivity index (χ4v) is 4.56. The SMILES string of the molecule is COc1cccc(C2/C(=C(/O)c3ccc(OC(C)C)c(C)c3)C(=O)C(=O)N2c2ccc(C#N)cc2)c1OC. The standard InChI is InChI=1S/C30H28N2O6/c1-17(2)38-23-14-11-20(15-18(23)3)27(33)25-26(22-7-6-8-24(36-4)29(22)37-5)32(30(35)28(25)34)21-12-9-19(16-31)10-13-21/h6-15,17,26,33H,1-5H3/b27-25-. The monoisotopic (exact) mass is 512 g/mol. The van der Waals surface area contributed by atoms with Crippen LogP contribution in [0.15, 0.2) is 66.2 Å². The van der Waals surface area contributed by atoms with Gasteiger partial charge in [0.25, 0.3) is 11.7 Å². The molecule has 1 aliphatic heterocycles. The van der Waals surface area contributed by atoms with Crippen LogP contribution in [0.4, 0.5) is 5.69 Å². The number of carbonyl (C=O) groups excluding carboxylic acids is 2. The molecule has 1 saturated heterocycles. The van der Waals surface area contributed by atoms with E-state index in [0.29, 0.717) is 39.6 Å². The molecule has 0 saturated carbocycles. The van der Waals surface area contributed by atoms with Crippen molar-refractivity contribution >= 4 is 23.1 Å². The molecule has 4 rings (SSSR count). The van der Waals surface area contributed by atoms with Gasteiger partial charge in [-0.15, -0.1) is 0 Å². The van der Waals surface area contributed by atoms with Gasteiger partial charge in [0.1, 0.15) is 11.5 Å². The molecule has 0 aliphatic carbocycles. The highest BCUT2D eigenvalue weighted by molar-refractivity contribution is 6.51. The van der Waals surface area contributed by atoms with Gasteiger partial charge >= 0.3 is 0 Å². The van der Waals surface area contributed by atoms with E-state index in [4.69, 9.17) is 14.2 Å². The van der Waals surface area contributed by atoms with E-state index in [1.165, 1.54) is 19.1 Å². The zero-order chi connectivity index (χ0) is 27.6. The number of amides is 1. The number of aliphatic hydroxyl groups is 1. The summed E-state index contributed by atoms with van der Waals surface area (Å²) in [6.07, 6.45) is -0.0357. The molecule has 1 fully saturated rings. The molecule has 1 atom stereocenters. The van der Waals surface area contributed by atoms with Gasteiger partial charge in [-0.1, -0.05) is 12.1 Å². The highest BCUT2D eigenvalue weighted by atomic mass is 16.5. The van der Waals surface area contributed by atoms with E-state index < -0.39 is 17.7 Å². The number of hydrogen-bond acceptors (Lipinski definition) is 7. The predicted octanol–water partition coefficient (Wildman–Crippen LogP) is 5.30. The van der Waals surface area contributed by atoms with Gasteiger partial charge < -0.3 is 19.3 Å². The second kappa shape index (κ2) is 10.7. The number of ketones is 1. The summed E-state index contributed by atoms with van der Waals surface area (Å²) in [4.78, 5) is 28.3. The number of benzene rings is 3. The summed E-state index contributed by atoms with van der Waals surface area (Å²) in [6, 6.07) is 17.5. The largest absolute Gasteiger partial charge is 0.507 e. The topological polar surface area (TPSA) is 109 Å². The summed E-state index contributed by atoms with van der Waals surface area (Å²) in [7, 11) is 2.95. The molecular weight excluding hydrogens is 484 g/mol. The highest BCUT2D eigenvalue weighted by Gasteiger charge is 2.48. The van der Waals surface area contributed by atoms with E-state index in [0.717, 1.165) is 5.56 Å². The molecule has 8 nitrogen and oxygen atoms in total. The van der Waals surface area contributed by atoms with Gasteiger partial charge in [0, 0.05) is 16.8 Å². The van der Waals surface area contributed by atoms with Crippen molar-refractivity contribution in [3.8, 4) is 23.3 Å². The first-order chi connectivity index (χ1) is 18.2. The first-order valence-electron chi connectivity index (χ1n) is 12.0. The van der Waals surface area contributed by atoms with Gasteiger partial charge in [0.15, 0.2) is 11.5 Å². The summed E-state index contributed by atoms with van der Waals surface area (Å²) >= 11 is 0. The Morgan fingerprint density at radius 3 is 2.29 bits per heavy atom. The van der Waals surface area contributed by atoms with Crippen LogP contribution in [0.5, 0.6) is 17.2 Å². The molecule has 1 heterocycles. The van der Waals surface area contributed by atoms with E-state index in [-0.39, 0.29) is 17.4 Å². The summed E-state index contributed by atoms with van der Waals surface area (Å²) < 4.78 is 16.9. The lowest BCUT2D eigenvalue weighted by Gasteiger charge is -2.27. The fraction of sp³-hybridized carbons (Fsp3) is 0.233. The van der Waals surface area contributed by atoms with Crippen molar-refractivity contribution < 1.29 is 28.9 Å². The summed E-state index contributed by atoms with van der Waals surface area (Å²) in [5.41, 5.74) is 2.27. The molecule has 3 aromatic carbocycles. The average Bonchev–Trinajstić information content (AvgIpc) is 3.18. The quantitative estimate of drug-likeness (QED) is 0.260. The second-order valence-corrected chi connectivity index (χ2v) is 9.06. The third-order valence-electron chi connectivity index (χ3n) is 6.26. The van der Waals surface area contributed by atoms with Gasteiger partial charge in [-0.2, -0.15) is 5.26 Å². The number of Topliss-reactive ketones (excluding diaryl/α,β-unsaturated/α-hetero) is 1. The smallest absolute Gasteiger partial charge is 0.300 e. The minimum absolute atomic E-state index is 0.0357. The molecule has 0 aromatic heterocycles. The molecule has 3 aromatic rings. The van der Waals surface area contributed by atoms with Crippen molar-refractivity contribution in [1.82, 2.24) is 0 Å². The van der Waals surface area contributed by atoms with E-state index in [1.54, 1.807) is 60.7 Å².